The summed E-state index contributed by atoms with van der Waals surface area (Å²) in [4.78, 5) is 24.0. The Hall–Kier alpha value is -2.77. The van der Waals surface area contributed by atoms with Gasteiger partial charge in [-0.3, -0.25) is 4.79 Å². The van der Waals surface area contributed by atoms with Crippen molar-refractivity contribution in [1.29, 1.82) is 0 Å². The van der Waals surface area contributed by atoms with Crippen molar-refractivity contribution in [3.8, 4) is 11.5 Å². The normalized spacial score (nSPS) is 13.7. The number of nitrogens with two attached hydrogens (primary N) is 1. The fraction of sp³-hybridized carbons (Fsp3) is 0.263. The van der Waals surface area contributed by atoms with E-state index in [9.17, 15) is 24.9 Å². The molecule has 1 amide bonds. The van der Waals surface area contributed by atoms with Crippen LogP contribution in [0.2, 0.25) is 0 Å². The van der Waals surface area contributed by atoms with Gasteiger partial charge >= 0.3 is 5.97 Å². The standard InChI is InChI=1S/C19H22N2O5.ClH/c1-19(20,11-12-5-3-2-4-6-12)18(26)21-14(17(24)25)9-13-7-8-15(22)16(23)10-13;/h2-8,10,14,22-23H,9,11,20H2,1H3,(H,21,26)(H,24,25);1H/t14-,19-;/m0./s1. The van der Waals surface area contributed by atoms with Crippen LogP contribution < -0.4 is 11.1 Å². The number of aromatic hydroxyl groups is 2. The smallest absolute Gasteiger partial charge is 0.326 e. The molecule has 0 fully saturated rings. The fourth-order valence-corrected chi connectivity index (χ4v) is 2.56. The van der Waals surface area contributed by atoms with E-state index in [2.05, 4.69) is 5.32 Å². The maximum atomic E-state index is 12.5. The highest BCUT2D eigenvalue weighted by Gasteiger charge is 2.32. The monoisotopic (exact) mass is 394 g/mol. The molecule has 0 unspecified atom stereocenters. The average Bonchev–Trinajstić information content (AvgIpc) is 2.57. The lowest BCUT2D eigenvalue weighted by Crippen LogP contribution is -2.57. The molecular formula is C19H23ClN2O5. The molecule has 0 aliphatic rings. The lowest BCUT2D eigenvalue weighted by molar-refractivity contribution is -0.142. The maximum absolute atomic E-state index is 12.5. The summed E-state index contributed by atoms with van der Waals surface area (Å²) < 4.78 is 0. The third kappa shape index (κ3) is 6.16. The predicted molar refractivity (Wildman–Crippen MR) is 103 cm³/mol. The van der Waals surface area contributed by atoms with E-state index >= 15 is 0 Å². The number of aliphatic carboxylic acids is 1. The molecule has 8 heteroatoms. The number of amides is 1. The topological polar surface area (TPSA) is 133 Å². The summed E-state index contributed by atoms with van der Waals surface area (Å²) >= 11 is 0. The van der Waals surface area contributed by atoms with E-state index in [1.165, 1.54) is 18.2 Å². The molecule has 0 aliphatic carbocycles. The first-order valence-electron chi connectivity index (χ1n) is 8.06. The van der Waals surface area contributed by atoms with Crippen LogP contribution in [0.3, 0.4) is 0 Å². The molecule has 2 aromatic carbocycles. The number of carbonyl (C=O) groups excluding carboxylic acids is 1. The number of nitrogens with one attached hydrogen (secondary N) is 1. The third-order valence-electron chi connectivity index (χ3n) is 4.02. The molecule has 2 atom stereocenters. The van der Waals surface area contributed by atoms with Crippen LogP contribution in [0.15, 0.2) is 48.5 Å². The summed E-state index contributed by atoms with van der Waals surface area (Å²) in [5.74, 6) is -2.47. The molecule has 6 N–H and O–H groups in total. The van der Waals surface area contributed by atoms with E-state index < -0.39 is 23.5 Å². The molecule has 0 aromatic heterocycles. The highest BCUT2D eigenvalue weighted by Crippen LogP contribution is 2.25. The number of carboxylic acid groups (broad SMARTS) is 1. The Morgan fingerprint density at radius 3 is 2.26 bits per heavy atom. The molecule has 7 nitrogen and oxygen atoms in total. The van der Waals surface area contributed by atoms with Gasteiger partial charge in [0.05, 0.1) is 5.54 Å². The van der Waals surface area contributed by atoms with E-state index in [0.29, 0.717) is 5.56 Å². The van der Waals surface area contributed by atoms with Crippen LogP contribution in [0.5, 0.6) is 11.5 Å². The molecular weight excluding hydrogens is 372 g/mol. The predicted octanol–water partition coefficient (Wildman–Crippen LogP) is 1.59. The molecule has 0 bridgehead atoms. The van der Waals surface area contributed by atoms with Crippen molar-refractivity contribution in [2.75, 3.05) is 0 Å². The molecule has 146 valence electrons. The Bertz CT molecular complexity index is 796. The van der Waals surface area contributed by atoms with E-state index in [4.69, 9.17) is 5.73 Å². The van der Waals surface area contributed by atoms with Gasteiger partial charge in [-0.1, -0.05) is 36.4 Å². The van der Waals surface area contributed by atoms with Crippen molar-refractivity contribution < 1.29 is 24.9 Å². The zero-order chi connectivity index (χ0) is 19.3. The number of carbonyl (C=O) groups is 2. The van der Waals surface area contributed by atoms with Crippen molar-refractivity contribution in [2.45, 2.75) is 31.3 Å². The van der Waals surface area contributed by atoms with Gasteiger partial charge in [0.15, 0.2) is 11.5 Å². The van der Waals surface area contributed by atoms with Crippen molar-refractivity contribution in [3.05, 3.63) is 59.7 Å². The molecule has 2 aromatic rings. The Labute approximate surface area is 163 Å². The summed E-state index contributed by atoms with van der Waals surface area (Å²) in [5.41, 5.74) is 6.13. The highest BCUT2D eigenvalue weighted by atomic mass is 35.5. The summed E-state index contributed by atoms with van der Waals surface area (Å²) in [5, 5.41) is 30.7. The number of carboxylic acids is 1. The van der Waals surface area contributed by atoms with Crippen LogP contribution in [0, 0.1) is 0 Å². The molecule has 2 rings (SSSR count). The number of hydrogen-bond donors (Lipinski definition) is 5. The zero-order valence-electron chi connectivity index (χ0n) is 14.8. The number of rotatable bonds is 7. The number of hydrogen-bond acceptors (Lipinski definition) is 5. The van der Waals surface area contributed by atoms with Gasteiger partial charge in [-0.25, -0.2) is 4.79 Å². The first-order valence-corrected chi connectivity index (χ1v) is 8.06. The van der Waals surface area contributed by atoms with Gasteiger partial charge in [0.25, 0.3) is 0 Å². The van der Waals surface area contributed by atoms with Gasteiger partial charge < -0.3 is 26.4 Å². The summed E-state index contributed by atoms with van der Waals surface area (Å²) in [7, 11) is 0. The van der Waals surface area contributed by atoms with E-state index in [-0.39, 0.29) is 36.7 Å². The Morgan fingerprint density at radius 1 is 1.07 bits per heavy atom. The van der Waals surface area contributed by atoms with Crippen LogP contribution in [-0.4, -0.2) is 38.8 Å². The van der Waals surface area contributed by atoms with Gasteiger partial charge in [0.1, 0.15) is 6.04 Å². The van der Waals surface area contributed by atoms with Crippen molar-refractivity contribution in [2.24, 2.45) is 5.73 Å². The second kappa shape index (κ2) is 9.25. The zero-order valence-corrected chi connectivity index (χ0v) is 15.6. The Kier molecular flexibility index (Phi) is 7.63. The largest absolute Gasteiger partial charge is 0.504 e. The quantitative estimate of drug-likeness (QED) is 0.453. The fourth-order valence-electron chi connectivity index (χ4n) is 2.56. The van der Waals surface area contributed by atoms with Gasteiger partial charge in [0, 0.05) is 6.42 Å². The first kappa shape index (κ1) is 22.3. The van der Waals surface area contributed by atoms with Gasteiger partial charge in [-0.15, -0.1) is 12.4 Å². The van der Waals surface area contributed by atoms with Crippen LogP contribution in [0.4, 0.5) is 0 Å². The lowest BCUT2D eigenvalue weighted by Gasteiger charge is -2.26. The van der Waals surface area contributed by atoms with E-state index in [0.717, 1.165) is 5.56 Å². The summed E-state index contributed by atoms with van der Waals surface area (Å²) in [6.07, 6.45) is 0.197. The number of phenols is 2. The van der Waals surface area contributed by atoms with Crippen molar-refractivity contribution in [3.63, 3.8) is 0 Å². The first-order chi connectivity index (χ1) is 12.2. The van der Waals surface area contributed by atoms with E-state index in [1.54, 1.807) is 6.92 Å². The Morgan fingerprint density at radius 2 is 1.70 bits per heavy atom. The molecule has 0 heterocycles. The minimum atomic E-state index is -1.29. The molecule has 0 aliphatic heterocycles. The van der Waals surface area contributed by atoms with Gasteiger partial charge in [0.2, 0.25) is 5.91 Å². The molecule has 0 radical (unpaired) electrons. The number of benzene rings is 2. The summed E-state index contributed by atoms with van der Waals surface area (Å²) in [6, 6.07) is 12.0. The van der Waals surface area contributed by atoms with E-state index in [1.807, 2.05) is 30.3 Å². The second-order valence-electron chi connectivity index (χ2n) is 6.47. The second-order valence-corrected chi connectivity index (χ2v) is 6.47. The number of halogens is 1. The van der Waals surface area contributed by atoms with Crippen molar-refractivity contribution in [1.82, 2.24) is 5.32 Å². The third-order valence-corrected chi connectivity index (χ3v) is 4.02. The molecule has 27 heavy (non-hydrogen) atoms. The summed E-state index contributed by atoms with van der Waals surface area (Å²) in [6.45, 7) is 1.54. The SMILES string of the molecule is C[C@](N)(Cc1ccccc1)C(=O)N[C@@H](Cc1ccc(O)c(O)c1)C(=O)O.Cl. The van der Waals surface area contributed by atoms with Crippen LogP contribution in [0.25, 0.3) is 0 Å². The van der Waals surface area contributed by atoms with Crippen LogP contribution in [0.1, 0.15) is 18.1 Å². The molecule has 0 saturated heterocycles. The van der Waals surface area contributed by atoms with Gasteiger partial charge in [-0.05, 0) is 36.6 Å². The Balaban J connectivity index is 0.00000364. The highest BCUT2D eigenvalue weighted by molar-refractivity contribution is 5.90. The average molecular weight is 395 g/mol. The molecule has 0 saturated carbocycles. The minimum absolute atomic E-state index is 0. The van der Waals surface area contributed by atoms with Crippen LogP contribution in [-0.2, 0) is 22.4 Å². The van der Waals surface area contributed by atoms with Crippen LogP contribution >= 0.6 is 12.4 Å². The lowest BCUT2D eigenvalue weighted by atomic mass is 9.92. The van der Waals surface area contributed by atoms with Crippen molar-refractivity contribution >= 4 is 24.3 Å². The van der Waals surface area contributed by atoms with Gasteiger partial charge in [-0.2, -0.15) is 0 Å². The number of phenolic OH excluding ortho intramolecular Hbond substituents is 2. The minimum Gasteiger partial charge on any atom is -0.504 e. The molecule has 0 spiro atoms. The maximum Gasteiger partial charge on any atom is 0.326 e.